The fourth-order valence-electron chi connectivity index (χ4n) is 3.27. The van der Waals surface area contributed by atoms with E-state index in [1.165, 1.54) is 51.4 Å². The van der Waals surface area contributed by atoms with Gasteiger partial charge in [-0.1, -0.05) is 45.4 Å². The molecule has 5 heteroatoms. The highest BCUT2D eigenvalue weighted by molar-refractivity contribution is 5.69. The molecule has 160 valence electrons. The Labute approximate surface area is 166 Å². The maximum absolute atomic E-state index is 11.7. The minimum Gasteiger partial charge on any atom is -0.462 e. The van der Waals surface area contributed by atoms with Gasteiger partial charge in [-0.15, -0.1) is 0 Å². The molecule has 0 amide bonds. The summed E-state index contributed by atoms with van der Waals surface area (Å²) in [4.78, 5) is 11.7. The van der Waals surface area contributed by atoms with Gasteiger partial charge in [0.1, 0.15) is 6.10 Å². The first kappa shape index (κ1) is 24.4. The van der Waals surface area contributed by atoms with E-state index in [0.29, 0.717) is 45.9 Å². The molecule has 1 aliphatic rings. The van der Waals surface area contributed by atoms with Crippen molar-refractivity contribution in [3.8, 4) is 0 Å². The highest BCUT2D eigenvalue weighted by Crippen LogP contribution is 2.20. The van der Waals surface area contributed by atoms with Crippen LogP contribution in [-0.4, -0.2) is 51.7 Å². The average molecular weight is 387 g/mol. The molecular weight excluding hydrogens is 344 g/mol. The number of unbranched alkanes of at least 4 members (excludes halogenated alkanes) is 5. The lowest BCUT2D eigenvalue weighted by Gasteiger charge is -2.21. The second kappa shape index (κ2) is 18.7. The number of carbonyl (C=O) groups excluding carboxylic acids is 1. The highest BCUT2D eigenvalue weighted by Gasteiger charge is 2.17. The molecule has 5 nitrogen and oxygen atoms in total. The Morgan fingerprint density at radius 2 is 1.26 bits per heavy atom. The molecule has 1 saturated carbocycles. The number of rotatable bonds is 18. The van der Waals surface area contributed by atoms with E-state index in [0.717, 1.165) is 25.9 Å². The van der Waals surface area contributed by atoms with Crippen molar-refractivity contribution in [1.82, 2.24) is 0 Å². The van der Waals surface area contributed by atoms with Gasteiger partial charge >= 0.3 is 5.97 Å². The van der Waals surface area contributed by atoms with Crippen LogP contribution < -0.4 is 0 Å². The Hall–Kier alpha value is -0.650. The van der Waals surface area contributed by atoms with Crippen LogP contribution in [0.4, 0.5) is 0 Å². The van der Waals surface area contributed by atoms with E-state index in [1.807, 2.05) is 0 Å². The first-order chi connectivity index (χ1) is 13.3. The molecule has 0 aromatic rings. The summed E-state index contributed by atoms with van der Waals surface area (Å²) >= 11 is 0. The molecule has 0 saturated heterocycles. The smallest absolute Gasteiger partial charge is 0.306 e. The number of carbonyl (C=O) groups is 1. The van der Waals surface area contributed by atoms with Gasteiger partial charge in [0.25, 0.3) is 0 Å². The Morgan fingerprint density at radius 3 is 1.93 bits per heavy atom. The highest BCUT2D eigenvalue weighted by atomic mass is 16.5. The van der Waals surface area contributed by atoms with E-state index < -0.39 is 0 Å². The van der Waals surface area contributed by atoms with E-state index in [9.17, 15) is 4.79 Å². The number of hydrogen-bond acceptors (Lipinski definition) is 5. The fraction of sp³-hybridized carbons (Fsp3) is 0.955. The molecular formula is C22H42O5. The van der Waals surface area contributed by atoms with Crippen LogP contribution in [0.1, 0.15) is 90.4 Å². The van der Waals surface area contributed by atoms with Crippen LogP contribution in [0.25, 0.3) is 0 Å². The summed E-state index contributed by atoms with van der Waals surface area (Å²) in [6, 6.07) is 0. The topological polar surface area (TPSA) is 54.0 Å². The third-order valence-corrected chi connectivity index (χ3v) is 4.91. The monoisotopic (exact) mass is 386 g/mol. The summed E-state index contributed by atoms with van der Waals surface area (Å²) in [6.45, 7) is 6.07. The second-order valence-corrected chi connectivity index (χ2v) is 7.46. The number of esters is 1. The molecule has 27 heavy (non-hydrogen) atoms. The lowest BCUT2D eigenvalue weighted by Crippen LogP contribution is -2.21. The van der Waals surface area contributed by atoms with Crippen LogP contribution in [0.5, 0.6) is 0 Å². The molecule has 0 aromatic heterocycles. The van der Waals surface area contributed by atoms with Crippen molar-refractivity contribution in [1.29, 1.82) is 0 Å². The van der Waals surface area contributed by atoms with Crippen LogP contribution in [0.3, 0.4) is 0 Å². The summed E-state index contributed by atoms with van der Waals surface area (Å²) in [5.41, 5.74) is 0. The molecule has 0 heterocycles. The normalized spacial score (nSPS) is 15.1. The molecule has 0 unspecified atom stereocenters. The van der Waals surface area contributed by atoms with Crippen molar-refractivity contribution >= 4 is 5.97 Å². The van der Waals surface area contributed by atoms with Crippen LogP contribution in [0.15, 0.2) is 0 Å². The fourth-order valence-corrected chi connectivity index (χ4v) is 3.27. The molecule has 0 atom stereocenters. The Kier molecular flexibility index (Phi) is 16.9. The van der Waals surface area contributed by atoms with Crippen molar-refractivity contribution in [2.24, 2.45) is 0 Å². The summed E-state index contributed by atoms with van der Waals surface area (Å²) in [6.07, 6.45) is 14.8. The third-order valence-electron chi connectivity index (χ3n) is 4.91. The zero-order valence-corrected chi connectivity index (χ0v) is 17.6. The van der Waals surface area contributed by atoms with Crippen LogP contribution in [0.2, 0.25) is 0 Å². The van der Waals surface area contributed by atoms with Gasteiger partial charge < -0.3 is 18.9 Å². The summed E-state index contributed by atoms with van der Waals surface area (Å²) in [5, 5.41) is 0. The molecule has 0 spiro atoms. The molecule has 1 aliphatic carbocycles. The van der Waals surface area contributed by atoms with Gasteiger partial charge in [-0.05, 0) is 38.5 Å². The van der Waals surface area contributed by atoms with E-state index in [-0.39, 0.29) is 12.1 Å². The molecule has 0 aliphatic heterocycles. The lowest BCUT2D eigenvalue weighted by atomic mass is 9.98. The largest absolute Gasteiger partial charge is 0.462 e. The summed E-state index contributed by atoms with van der Waals surface area (Å²) in [7, 11) is 0. The summed E-state index contributed by atoms with van der Waals surface area (Å²) < 4.78 is 22.0. The third kappa shape index (κ3) is 16.0. The molecule has 0 aromatic carbocycles. The minimum atomic E-state index is -0.0794. The molecule has 0 radical (unpaired) electrons. The van der Waals surface area contributed by atoms with E-state index in [1.54, 1.807) is 0 Å². The van der Waals surface area contributed by atoms with Crippen LogP contribution in [-0.2, 0) is 23.7 Å². The number of hydrogen-bond donors (Lipinski definition) is 0. The molecule has 0 N–H and O–H groups in total. The predicted octanol–water partition coefficient (Wildman–Crippen LogP) is 5.05. The standard InChI is InChI=1S/C22H42O5/c1-2-3-4-5-6-10-15-24-17-19-26-20-18-25-16-11-14-22(23)27-21-12-8-7-9-13-21/h21H,2-20H2,1H3. The van der Waals surface area contributed by atoms with E-state index in [2.05, 4.69) is 6.92 Å². The molecule has 1 fully saturated rings. The van der Waals surface area contributed by atoms with Crippen LogP contribution in [0, 0.1) is 0 Å². The summed E-state index contributed by atoms with van der Waals surface area (Å²) in [5.74, 6) is -0.0794. The SMILES string of the molecule is CCCCCCCCOCCOCCOCCCC(=O)OC1CCCCC1. The van der Waals surface area contributed by atoms with Crippen molar-refractivity contribution in [3.05, 3.63) is 0 Å². The zero-order chi connectivity index (χ0) is 19.4. The molecule has 0 bridgehead atoms. The zero-order valence-electron chi connectivity index (χ0n) is 17.6. The first-order valence-corrected chi connectivity index (χ1v) is 11.3. The maximum atomic E-state index is 11.7. The van der Waals surface area contributed by atoms with E-state index >= 15 is 0 Å². The van der Waals surface area contributed by atoms with Gasteiger partial charge in [0, 0.05) is 19.6 Å². The van der Waals surface area contributed by atoms with Crippen LogP contribution >= 0.6 is 0 Å². The van der Waals surface area contributed by atoms with Crippen molar-refractivity contribution in [2.75, 3.05) is 39.6 Å². The Bertz CT molecular complexity index is 329. The van der Waals surface area contributed by atoms with Gasteiger partial charge in [0.2, 0.25) is 0 Å². The van der Waals surface area contributed by atoms with Gasteiger partial charge in [-0.25, -0.2) is 0 Å². The van der Waals surface area contributed by atoms with Gasteiger partial charge in [-0.3, -0.25) is 4.79 Å². The van der Waals surface area contributed by atoms with Gasteiger partial charge in [0.05, 0.1) is 26.4 Å². The Morgan fingerprint density at radius 1 is 0.704 bits per heavy atom. The Balaban J connectivity index is 1.72. The van der Waals surface area contributed by atoms with E-state index in [4.69, 9.17) is 18.9 Å². The van der Waals surface area contributed by atoms with Gasteiger partial charge in [-0.2, -0.15) is 0 Å². The first-order valence-electron chi connectivity index (χ1n) is 11.3. The predicted molar refractivity (Wildman–Crippen MR) is 108 cm³/mol. The second-order valence-electron chi connectivity index (χ2n) is 7.46. The minimum absolute atomic E-state index is 0.0794. The molecule has 1 rings (SSSR count). The van der Waals surface area contributed by atoms with Crippen molar-refractivity contribution in [3.63, 3.8) is 0 Å². The average Bonchev–Trinajstić information content (AvgIpc) is 2.68. The quantitative estimate of drug-likeness (QED) is 0.244. The lowest BCUT2D eigenvalue weighted by molar-refractivity contribution is -0.150. The maximum Gasteiger partial charge on any atom is 0.306 e. The number of ether oxygens (including phenoxy) is 4. The van der Waals surface area contributed by atoms with Crippen molar-refractivity contribution < 1.29 is 23.7 Å². The van der Waals surface area contributed by atoms with Gasteiger partial charge in [0.15, 0.2) is 0 Å². The van der Waals surface area contributed by atoms with Crippen molar-refractivity contribution in [2.45, 2.75) is 96.5 Å².